The molecule has 152 valence electrons. The highest BCUT2D eigenvalue weighted by atomic mass is 16.5. The van der Waals surface area contributed by atoms with Crippen LogP contribution in [0.5, 0.6) is 5.75 Å². The number of carboxylic acid groups (broad SMARTS) is 1. The first kappa shape index (κ1) is 19.7. The third kappa shape index (κ3) is 4.87. The highest BCUT2D eigenvalue weighted by Gasteiger charge is 2.08. The molecule has 3 aromatic carbocycles. The fourth-order valence-corrected chi connectivity index (χ4v) is 3.29. The van der Waals surface area contributed by atoms with E-state index < -0.39 is 5.97 Å². The van der Waals surface area contributed by atoms with Gasteiger partial charge in [-0.15, -0.1) is 0 Å². The van der Waals surface area contributed by atoms with Crippen LogP contribution in [0.25, 0.3) is 33.7 Å². The van der Waals surface area contributed by atoms with Crippen LogP contribution in [0.2, 0.25) is 0 Å². The fraction of sp³-hybridized carbons (Fsp3) is 0.200. The lowest BCUT2D eigenvalue weighted by molar-refractivity contribution is -0.137. The minimum atomic E-state index is -0.742. The highest BCUT2D eigenvalue weighted by Crippen LogP contribution is 2.28. The average Bonchev–Trinajstić information content (AvgIpc) is 3.21. The Labute approximate surface area is 175 Å². The summed E-state index contributed by atoms with van der Waals surface area (Å²) in [5.74, 6) is 0.698. The first-order valence-corrected chi connectivity index (χ1v) is 10.1. The Morgan fingerprint density at radius 1 is 0.833 bits per heavy atom. The summed E-state index contributed by atoms with van der Waals surface area (Å²) in [4.78, 5) is 15.0. The third-order valence-corrected chi connectivity index (χ3v) is 4.92. The van der Waals surface area contributed by atoms with E-state index in [1.54, 1.807) is 0 Å². The topological polar surface area (TPSA) is 72.6 Å². The Balaban J connectivity index is 1.34. The smallest absolute Gasteiger partial charge is 0.303 e. The van der Waals surface area contributed by atoms with Crippen LogP contribution in [0.1, 0.15) is 25.7 Å². The number of fused-ring (bicyclic) bond motifs is 1. The van der Waals surface area contributed by atoms with Gasteiger partial charge in [-0.05, 0) is 66.8 Å². The Bertz CT molecular complexity index is 1080. The van der Waals surface area contributed by atoms with Gasteiger partial charge in [0.1, 0.15) is 11.3 Å². The summed E-state index contributed by atoms with van der Waals surface area (Å²) in [5.41, 5.74) is 4.80. The minimum absolute atomic E-state index is 0.222. The van der Waals surface area contributed by atoms with Crippen molar-refractivity contribution in [1.29, 1.82) is 0 Å². The summed E-state index contributed by atoms with van der Waals surface area (Å²) in [6.07, 6.45) is 2.63. The molecule has 1 N–H and O–H groups in total. The molecule has 0 saturated heterocycles. The summed E-state index contributed by atoms with van der Waals surface area (Å²) >= 11 is 0. The summed E-state index contributed by atoms with van der Waals surface area (Å²) in [6, 6.07) is 23.9. The molecule has 4 rings (SSSR count). The van der Waals surface area contributed by atoms with Gasteiger partial charge in [0.05, 0.1) is 6.61 Å². The zero-order valence-electron chi connectivity index (χ0n) is 16.6. The van der Waals surface area contributed by atoms with Gasteiger partial charge in [0.25, 0.3) is 0 Å². The molecule has 0 aliphatic heterocycles. The molecule has 0 unspecified atom stereocenters. The Hall–Kier alpha value is -3.60. The summed E-state index contributed by atoms with van der Waals surface area (Å²) in [6.45, 7) is 0.595. The van der Waals surface area contributed by atoms with Crippen LogP contribution in [0.4, 0.5) is 0 Å². The van der Waals surface area contributed by atoms with E-state index in [0.717, 1.165) is 46.4 Å². The van der Waals surface area contributed by atoms with Crippen molar-refractivity contribution in [3.63, 3.8) is 0 Å². The number of aliphatic carboxylic acids is 1. The normalized spacial score (nSPS) is 10.9. The van der Waals surface area contributed by atoms with Crippen molar-refractivity contribution in [2.75, 3.05) is 6.61 Å². The lowest BCUT2D eigenvalue weighted by atomic mass is 10.0. The second kappa shape index (κ2) is 9.27. The number of aromatic nitrogens is 1. The van der Waals surface area contributed by atoms with Gasteiger partial charge in [0, 0.05) is 12.0 Å². The van der Waals surface area contributed by atoms with Crippen LogP contribution in [0.3, 0.4) is 0 Å². The Morgan fingerprint density at radius 2 is 1.50 bits per heavy atom. The molecule has 1 aromatic heterocycles. The Kier molecular flexibility index (Phi) is 6.09. The largest absolute Gasteiger partial charge is 0.494 e. The zero-order valence-corrected chi connectivity index (χ0v) is 16.6. The van der Waals surface area contributed by atoms with Gasteiger partial charge in [0.2, 0.25) is 5.89 Å². The number of oxazole rings is 1. The van der Waals surface area contributed by atoms with Gasteiger partial charge in [-0.25, -0.2) is 4.98 Å². The van der Waals surface area contributed by atoms with E-state index in [1.807, 2.05) is 60.7 Å². The van der Waals surface area contributed by atoms with Crippen LogP contribution in [0, 0.1) is 0 Å². The number of carbonyl (C=O) groups is 1. The molecule has 0 atom stereocenters. The lowest BCUT2D eigenvalue weighted by Crippen LogP contribution is -1.99. The molecule has 0 bridgehead atoms. The van der Waals surface area contributed by atoms with Gasteiger partial charge in [-0.2, -0.15) is 0 Å². The second-order valence-corrected chi connectivity index (χ2v) is 7.14. The van der Waals surface area contributed by atoms with Gasteiger partial charge in [0.15, 0.2) is 5.58 Å². The number of unbranched alkanes of at least 4 members (excludes halogenated alkanes) is 2. The van der Waals surface area contributed by atoms with Crippen molar-refractivity contribution in [2.24, 2.45) is 0 Å². The van der Waals surface area contributed by atoms with Gasteiger partial charge < -0.3 is 14.3 Å². The van der Waals surface area contributed by atoms with E-state index >= 15 is 0 Å². The van der Waals surface area contributed by atoms with Crippen LogP contribution >= 0.6 is 0 Å². The third-order valence-electron chi connectivity index (χ3n) is 4.92. The van der Waals surface area contributed by atoms with Crippen molar-refractivity contribution < 1.29 is 19.1 Å². The minimum Gasteiger partial charge on any atom is -0.494 e. The molecule has 5 heteroatoms. The standard InChI is InChI=1S/C25H23NO4/c27-24(28)8-2-1-5-17-29-21-15-13-19(14-16-21)18-9-11-20(12-10-18)25-26-22-6-3-4-7-23(22)30-25/h3-4,6-7,9-16H,1-2,5,8,17H2,(H,27,28). The van der Waals surface area contributed by atoms with Crippen molar-refractivity contribution >= 4 is 17.1 Å². The molecule has 0 saturated carbocycles. The zero-order chi connectivity index (χ0) is 20.8. The average molecular weight is 401 g/mol. The maximum Gasteiger partial charge on any atom is 0.303 e. The highest BCUT2D eigenvalue weighted by molar-refractivity contribution is 5.76. The molecule has 0 spiro atoms. The van der Waals surface area contributed by atoms with Crippen LogP contribution in [0.15, 0.2) is 77.2 Å². The van der Waals surface area contributed by atoms with Crippen molar-refractivity contribution in [2.45, 2.75) is 25.7 Å². The molecular formula is C25H23NO4. The van der Waals surface area contributed by atoms with E-state index in [0.29, 0.717) is 18.9 Å². The molecule has 30 heavy (non-hydrogen) atoms. The van der Waals surface area contributed by atoms with Crippen molar-refractivity contribution in [1.82, 2.24) is 4.98 Å². The molecule has 0 aliphatic rings. The molecule has 1 heterocycles. The number of ether oxygens (including phenoxy) is 1. The number of para-hydroxylation sites is 2. The van der Waals surface area contributed by atoms with Gasteiger partial charge in [-0.1, -0.05) is 36.4 Å². The number of hydrogen-bond acceptors (Lipinski definition) is 4. The monoisotopic (exact) mass is 401 g/mol. The van der Waals surface area contributed by atoms with Crippen LogP contribution in [-0.4, -0.2) is 22.7 Å². The molecule has 4 aromatic rings. The molecule has 0 aliphatic carbocycles. The molecule has 5 nitrogen and oxygen atoms in total. The molecule has 0 radical (unpaired) electrons. The first-order valence-electron chi connectivity index (χ1n) is 10.1. The molecule has 0 amide bonds. The van der Waals surface area contributed by atoms with Crippen LogP contribution in [-0.2, 0) is 4.79 Å². The van der Waals surface area contributed by atoms with E-state index in [1.165, 1.54) is 0 Å². The van der Waals surface area contributed by atoms with Crippen molar-refractivity contribution in [3.05, 3.63) is 72.8 Å². The Morgan fingerprint density at radius 3 is 2.20 bits per heavy atom. The fourth-order valence-electron chi connectivity index (χ4n) is 3.29. The van der Waals surface area contributed by atoms with Crippen LogP contribution < -0.4 is 4.74 Å². The number of hydrogen-bond donors (Lipinski definition) is 1. The predicted molar refractivity (Wildman–Crippen MR) is 116 cm³/mol. The summed E-state index contributed by atoms with van der Waals surface area (Å²) < 4.78 is 11.6. The van der Waals surface area contributed by atoms with E-state index in [9.17, 15) is 4.79 Å². The molecule has 0 fully saturated rings. The first-order chi connectivity index (χ1) is 14.7. The molecular weight excluding hydrogens is 378 g/mol. The lowest BCUT2D eigenvalue weighted by Gasteiger charge is -2.08. The second-order valence-electron chi connectivity index (χ2n) is 7.14. The quantitative estimate of drug-likeness (QED) is 0.339. The predicted octanol–water partition coefficient (Wildman–Crippen LogP) is 6.19. The van der Waals surface area contributed by atoms with Gasteiger partial charge >= 0.3 is 5.97 Å². The van der Waals surface area contributed by atoms with E-state index in [-0.39, 0.29) is 6.42 Å². The summed E-state index contributed by atoms with van der Waals surface area (Å²) in [7, 11) is 0. The van der Waals surface area contributed by atoms with Crippen molar-refractivity contribution in [3.8, 4) is 28.3 Å². The number of carboxylic acids is 1. The summed E-state index contributed by atoms with van der Waals surface area (Å²) in [5, 5.41) is 8.63. The van der Waals surface area contributed by atoms with Gasteiger partial charge in [-0.3, -0.25) is 4.79 Å². The van der Waals surface area contributed by atoms with E-state index in [2.05, 4.69) is 17.1 Å². The number of nitrogens with zero attached hydrogens (tertiary/aromatic N) is 1. The number of rotatable bonds is 9. The maximum absolute atomic E-state index is 10.5. The van der Waals surface area contributed by atoms with E-state index in [4.69, 9.17) is 14.3 Å². The SMILES string of the molecule is O=C(O)CCCCCOc1ccc(-c2ccc(-c3nc4ccccc4o3)cc2)cc1. The maximum atomic E-state index is 10.5. The number of benzene rings is 3.